The number of amidine groups is 1. The second-order valence-corrected chi connectivity index (χ2v) is 8.83. The van der Waals surface area contributed by atoms with Crippen LogP contribution in [0, 0.1) is 6.57 Å². The number of hydrogen-bond acceptors (Lipinski definition) is 6. The van der Waals surface area contributed by atoms with Crippen molar-refractivity contribution in [2.24, 2.45) is 10.7 Å². The molecule has 0 aliphatic carbocycles. The number of benzene rings is 2. The molecule has 2 aromatic carbocycles. The number of hydrogen-bond donors (Lipinski definition) is 1. The minimum Gasteiger partial charge on any atom is -0.485 e. The zero-order chi connectivity index (χ0) is 25.3. The highest BCUT2D eigenvalue weighted by atomic mass is 19.3. The zero-order valence-corrected chi connectivity index (χ0v) is 19.2. The molecule has 9 heteroatoms. The molecule has 0 bridgehead atoms. The predicted octanol–water partition coefficient (Wildman–Crippen LogP) is 4.80. The molecule has 0 amide bonds. The van der Waals surface area contributed by atoms with Gasteiger partial charge < -0.3 is 15.2 Å². The Morgan fingerprint density at radius 3 is 2.69 bits per heavy atom. The number of carbonyl (C=O) groups excluding carboxylic acids is 1. The van der Waals surface area contributed by atoms with Crippen LogP contribution in [0.3, 0.4) is 0 Å². The molecule has 182 valence electrons. The first-order valence-electron chi connectivity index (χ1n) is 11.3. The van der Waals surface area contributed by atoms with E-state index in [1.54, 1.807) is 12.1 Å². The average molecular weight is 488 g/mol. The molecule has 1 spiro atoms. The summed E-state index contributed by atoms with van der Waals surface area (Å²) >= 11 is 0. The van der Waals surface area contributed by atoms with Crippen LogP contribution in [0.4, 0.5) is 14.5 Å². The summed E-state index contributed by atoms with van der Waals surface area (Å²) in [6.07, 6.45) is 0.412. The van der Waals surface area contributed by atoms with Crippen LogP contribution in [-0.4, -0.2) is 35.7 Å². The minimum atomic E-state index is -3.39. The Hall–Kier alpha value is -4.16. The van der Waals surface area contributed by atoms with Crippen LogP contribution < -0.4 is 10.5 Å². The molecule has 0 radical (unpaired) electrons. The number of halogens is 2. The van der Waals surface area contributed by atoms with Crippen molar-refractivity contribution in [3.8, 4) is 5.75 Å². The summed E-state index contributed by atoms with van der Waals surface area (Å²) in [6.45, 7) is 5.96. The number of pyridine rings is 1. The number of alkyl halides is 2. The molecule has 2 N–H and O–H groups in total. The summed E-state index contributed by atoms with van der Waals surface area (Å²) in [6, 6.07) is 16.9. The normalized spacial score (nSPS) is 22.5. The third-order valence-electron chi connectivity index (χ3n) is 6.41. The third-order valence-corrected chi connectivity index (χ3v) is 6.41. The van der Waals surface area contributed by atoms with Crippen molar-refractivity contribution in [3.05, 3.63) is 101 Å². The molecule has 0 saturated heterocycles. The number of fused-ring (bicyclic) bond motifs is 2. The average Bonchev–Trinajstić information content (AvgIpc) is 2.99. The number of aromatic nitrogens is 1. The SMILES string of the molecule is [C-]#[N+]c1ccc(C(=O)Cc2ccc3c(c2)[C@@]2(CC(c4ccccc4)O3)N=C(N)COCC2(F)F)nc1. The van der Waals surface area contributed by atoms with Gasteiger partial charge in [0.1, 0.15) is 36.6 Å². The van der Waals surface area contributed by atoms with Gasteiger partial charge in [-0.2, -0.15) is 0 Å². The van der Waals surface area contributed by atoms with Crippen molar-refractivity contribution < 1.29 is 23.0 Å². The van der Waals surface area contributed by atoms with E-state index in [1.807, 2.05) is 30.3 Å². The van der Waals surface area contributed by atoms with Crippen molar-refractivity contribution >= 4 is 17.3 Å². The van der Waals surface area contributed by atoms with E-state index in [0.717, 1.165) is 5.56 Å². The van der Waals surface area contributed by atoms with Gasteiger partial charge in [0.05, 0.1) is 6.57 Å². The summed E-state index contributed by atoms with van der Waals surface area (Å²) < 4.78 is 43.0. The molecule has 1 aromatic heterocycles. The summed E-state index contributed by atoms with van der Waals surface area (Å²) in [4.78, 5) is 24.5. The highest BCUT2D eigenvalue weighted by Gasteiger charge is 2.60. The lowest BCUT2D eigenvalue weighted by atomic mass is 9.75. The molecule has 5 rings (SSSR count). The fourth-order valence-corrected chi connectivity index (χ4v) is 4.65. The van der Waals surface area contributed by atoms with Gasteiger partial charge in [0.15, 0.2) is 11.3 Å². The Bertz CT molecular complexity index is 1370. The van der Waals surface area contributed by atoms with Crippen LogP contribution in [0.2, 0.25) is 0 Å². The predicted molar refractivity (Wildman–Crippen MR) is 128 cm³/mol. The number of rotatable bonds is 4. The van der Waals surface area contributed by atoms with Crippen molar-refractivity contribution in [1.29, 1.82) is 0 Å². The number of ketones is 1. The summed E-state index contributed by atoms with van der Waals surface area (Å²) in [7, 11) is 0. The van der Waals surface area contributed by atoms with Crippen molar-refractivity contribution in [1.82, 2.24) is 4.98 Å². The van der Waals surface area contributed by atoms with E-state index in [4.69, 9.17) is 21.8 Å². The van der Waals surface area contributed by atoms with Gasteiger partial charge in [-0.1, -0.05) is 42.5 Å². The molecule has 3 heterocycles. The zero-order valence-electron chi connectivity index (χ0n) is 19.2. The quantitative estimate of drug-likeness (QED) is 0.421. The summed E-state index contributed by atoms with van der Waals surface area (Å²) in [5.41, 5.74) is 5.87. The van der Waals surface area contributed by atoms with Crippen LogP contribution in [0.15, 0.2) is 71.9 Å². The molecule has 0 fully saturated rings. The molecule has 2 aliphatic heterocycles. The van der Waals surface area contributed by atoms with Gasteiger partial charge in [-0.3, -0.25) is 14.8 Å². The Labute approximate surface area is 206 Å². The van der Waals surface area contributed by atoms with E-state index in [0.29, 0.717) is 11.3 Å². The Balaban J connectivity index is 1.57. The lowest BCUT2D eigenvalue weighted by Crippen LogP contribution is -2.50. The van der Waals surface area contributed by atoms with E-state index in [9.17, 15) is 4.79 Å². The van der Waals surface area contributed by atoms with Gasteiger partial charge in [-0.05, 0) is 29.3 Å². The smallest absolute Gasteiger partial charge is 0.299 e. The molecule has 0 saturated carbocycles. The third kappa shape index (κ3) is 4.20. The Kier molecular flexibility index (Phi) is 5.98. The van der Waals surface area contributed by atoms with Gasteiger partial charge in [-0.25, -0.2) is 13.6 Å². The first-order valence-corrected chi connectivity index (χ1v) is 11.3. The topological polar surface area (TPSA) is 91.2 Å². The number of ether oxygens (including phenoxy) is 2. The van der Waals surface area contributed by atoms with E-state index in [-0.39, 0.29) is 48.1 Å². The fraction of sp³-hybridized carbons (Fsp3) is 0.259. The van der Waals surface area contributed by atoms with Gasteiger partial charge in [0.2, 0.25) is 5.69 Å². The summed E-state index contributed by atoms with van der Waals surface area (Å²) in [5, 5.41) is 0. The highest BCUT2D eigenvalue weighted by molar-refractivity contribution is 5.96. The van der Waals surface area contributed by atoms with Crippen LogP contribution >= 0.6 is 0 Å². The van der Waals surface area contributed by atoms with Crippen molar-refractivity contribution in [2.45, 2.75) is 30.4 Å². The maximum atomic E-state index is 15.8. The van der Waals surface area contributed by atoms with E-state index in [2.05, 4.69) is 14.8 Å². The van der Waals surface area contributed by atoms with Crippen molar-refractivity contribution in [3.63, 3.8) is 0 Å². The molecule has 36 heavy (non-hydrogen) atoms. The van der Waals surface area contributed by atoms with Crippen LogP contribution in [0.5, 0.6) is 5.75 Å². The lowest BCUT2D eigenvalue weighted by Gasteiger charge is -2.43. The second-order valence-electron chi connectivity index (χ2n) is 8.83. The number of nitrogens with two attached hydrogens (primary N) is 1. The number of carbonyl (C=O) groups is 1. The van der Waals surface area contributed by atoms with Gasteiger partial charge in [0.25, 0.3) is 5.92 Å². The maximum absolute atomic E-state index is 15.8. The first kappa shape index (κ1) is 23.6. The van der Waals surface area contributed by atoms with E-state index >= 15 is 8.78 Å². The standard InChI is InChI=1S/C27H22F2N4O3/c1-31-19-8-9-21(32-14-19)22(34)12-17-7-10-23-20(11-17)26(27(28,29)16-35-15-25(30)33-26)13-24(36-23)18-5-3-2-4-6-18/h2-11,14,24H,12-13,15-16H2,(H2,30,33)/t24?,26-/m1/s1. The van der Waals surface area contributed by atoms with Gasteiger partial charge in [-0.15, -0.1) is 0 Å². The van der Waals surface area contributed by atoms with Crippen LogP contribution in [-0.2, 0) is 16.7 Å². The summed E-state index contributed by atoms with van der Waals surface area (Å²) in [5.74, 6) is -3.47. The van der Waals surface area contributed by atoms with Gasteiger partial charge in [0, 0.05) is 24.6 Å². The number of Topliss-reactive ketones (excluding diaryl/α,β-unsaturated/α-hetero) is 1. The molecular weight excluding hydrogens is 466 g/mol. The first-order chi connectivity index (χ1) is 17.3. The molecule has 1 unspecified atom stereocenters. The van der Waals surface area contributed by atoms with E-state index < -0.39 is 24.2 Å². The van der Waals surface area contributed by atoms with Crippen molar-refractivity contribution in [2.75, 3.05) is 13.2 Å². The molecular formula is C27H22F2N4O3. The maximum Gasteiger partial charge on any atom is 0.299 e. The van der Waals surface area contributed by atoms with Crippen LogP contribution in [0.1, 0.15) is 39.7 Å². The lowest BCUT2D eigenvalue weighted by molar-refractivity contribution is -0.136. The Morgan fingerprint density at radius 2 is 1.97 bits per heavy atom. The largest absolute Gasteiger partial charge is 0.485 e. The molecule has 7 nitrogen and oxygen atoms in total. The molecule has 3 aromatic rings. The molecule has 2 atom stereocenters. The Morgan fingerprint density at radius 1 is 1.17 bits per heavy atom. The van der Waals surface area contributed by atoms with E-state index in [1.165, 1.54) is 24.4 Å². The second kappa shape index (κ2) is 9.13. The number of nitrogens with zero attached hydrogens (tertiary/aromatic N) is 3. The van der Waals surface area contributed by atoms with Crippen LogP contribution in [0.25, 0.3) is 4.85 Å². The monoisotopic (exact) mass is 488 g/mol. The highest BCUT2D eigenvalue weighted by Crippen LogP contribution is 2.55. The minimum absolute atomic E-state index is 0.0302. The molecule has 2 aliphatic rings. The fourth-order valence-electron chi connectivity index (χ4n) is 4.65. The number of aliphatic imine (C=N–C) groups is 1. The van der Waals surface area contributed by atoms with Gasteiger partial charge >= 0.3 is 0 Å².